The molecule has 0 saturated carbocycles. The van der Waals surface area contributed by atoms with E-state index in [1.54, 1.807) is 18.2 Å². The highest BCUT2D eigenvalue weighted by molar-refractivity contribution is 5.77. The van der Waals surface area contributed by atoms with Gasteiger partial charge in [0, 0.05) is 29.8 Å². The standard InChI is InChI=1S/C23H23F3N3O/c1-29(2)14-16-10-15(11-18-20(25)4-3-5-21(18)26)12-19(23(16)27)22-7-6-17(13-28-22)30-9-8-24/h3-7,12-13H,8-9,11,14,27H2,1-2H3. The zero-order chi connectivity index (χ0) is 21.7. The fourth-order valence-electron chi connectivity index (χ4n) is 3.13. The molecule has 0 saturated heterocycles. The van der Waals surface area contributed by atoms with Crippen LogP contribution in [0.3, 0.4) is 0 Å². The van der Waals surface area contributed by atoms with Crippen molar-refractivity contribution in [1.29, 1.82) is 0 Å². The van der Waals surface area contributed by atoms with Crippen LogP contribution in [-0.2, 0) is 13.0 Å². The lowest BCUT2D eigenvalue weighted by atomic mass is 9.95. The van der Waals surface area contributed by atoms with Crippen molar-refractivity contribution in [3.63, 3.8) is 0 Å². The number of benzene rings is 2. The number of ether oxygens (including phenoxy) is 1. The van der Waals surface area contributed by atoms with Crippen LogP contribution in [0.5, 0.6) is 5.75 Å². The average molecular weight is 414 g/mol. The molecule has 4 nitrogen and oxygen atoms in total. The first-order valence-corrected chi connectivity index (χ1v) is 9.45. The second-order valence-corrected chi connectivity index (χ2v) is 7.13. The van der Waals surface area contributed by atoms with E-state index < -0.39 is 18.3 Å². The Bertz CT molecular complexity index is 987. The number of alkyl halides is 1. The number of nitrogens with zero attached hydrogens (tertiary/aromatic N) is 2. The summed E-state index contributed by atoms with van der Waals surface area (Å²) in [5.74, 6) is -0.772. The van der Waals surface area contributed by atoms with Crippen LogP contribution < -0.4 is 10.5 Å². The van der Waals surface area contributed by atoms with E-state index in [-0.39, 0.29) is 18.6 Å². The molecule has 0 aliphatic heterocycles. The maximum atomic E-state index is 14.2. The molecule has 1 heterocycles. The summed E-state index contributed by atoms with van der Waals surface area (Å²) >= 11 is 0. The van der Waals surface area contributed by atoms with Crippen LogP contribution >= 0.6 is 0 Å². The van der Waals surface area contributed by atoms with E-state index in [1.807, 2.05) is 19.0 Å². The van der Waals surface area contributed by atoms with Gasteiger partial charge in [-0.25, -0.2) is 13.2 Å². The van der Waals surface area contributed by atoms with Gasteiger partial charge in [0.15, 0.2) is 0 Å². The van der Waals surface area contributed by atoms with Crippen LogP contribution in [0.4, 0.5) is 18.9 Å². The first-order valence-electron chi connectivity index (χ1n) is 9.45. The summed E-state index contributed by atoms with van der Waals surface area (Å²) in [6.45, 7) is -0.133. The molecule has 0 fully saturated rings. The summed E-state index contributed by atoms with van der Waals surface area (Å²) in [6, 6.07) is 12.1. The zero-order valence-electron chi connectivity index (χ0n) is 16.9. The van der Waals surface area contributed by atoms with E-state index in [4.69, 9.17) is 10.5 Å². The first-order chi connectivity index (χ1) is 14.4. The van der Waals surface area contributed by atoms with Crippen LogP contribution in [-0.4, -0.2) is 37.3 Å². The fourth-order valence-corrected chi connectivity index (χ4v) is 3.13. The third-order valence-corrected chi connectivity index (χ3v) is 4.51. The number of rotatable bonds is 8. The van der Waals surface area contributed by atoms with E-state index in [0.29, 0.717) is 40.4 Å². The van der Waals surface area contributed by atoms with E-state index in [2.05, 4.69) is 11.1 Å². The van der Waals surface area contributed by atoms with Crippen LogP contribution in [0, 0.1) is 17.7 Å². The van der Waals surface area contributed by atoms with Gasteiger partial charge in [-0.15, -0.1) is 0 Å². The second-order valence-electron chi connectivity index (χ2n) is 7.13. The SMILES string of the molecule is CN(C)Cc1[c]c(Cc2c(F)cccc2F)cc(-c2ccc(OCCF)cn2)c1N. The minimum Gasteiger partial charge on any atom is -0.489 e. The molecule has 2 aromatic carbocycles. The van der Waals surface area contributed by atoms with E-state index in [1.165, 1.54) is 24.4 Å². The van der Waals surface area contributed by atoms with E-state index in [9.17, 15) is 13.2 Å². The molecule has 0 aliphatic carbocycles. The number of nitrogens with two attached hydrogens (primary N) is 1. The number of hydrogen-bond donors (Lipinski definition) is 1. The molecular formula is C23H23F3N3O. The lowest BCUT2D eigenvalue weighted by Gasteiger charge is -2.17. The molecule has 1 aromatic heterocycles. The maximum absolute atomic E-state index is 14.2. The zero-order valence-corrected chi connectivity index (χ0v) is 16.9. The Kier molecular flexibility index (Phi) is 6.95. The van der Waals surface area contributed by atoms with Crippen LogP contribution in [0.15, 0.2) is 42.6 Å². The molecule has 157 valence electrons. The fraction of sp³-hybridized carbons (Fsp3) is 0.261. The molecule has 0 atom stereocenters. The largest absolute Gasteiger partial charge is 0.489 e. The Hall–Kier alpha value is -3.06. The van der Waals surface area contributed by atoms with Gasteiger partial charge in [0.2, 0.25) is 0 Å². The molecule has 0 aliphatic rings. The van der Waals surface area contributed by atoms with Crippen LogP contribution in [0.25, 0.3) is 11.3 Å². The first kappa shape index (κ1) is 21.6. The summed E-state index contributed by atoms with van der Waals surface area (Å²) in [7, 11) is 3.79. The van der Waals surface area contributed by atoms with Crippen molar-refractivity contribution in [2.24, 2.45) is 0 Å². The number of halogens is 3. The van der Waals surface area contributed by atoms with Crippen molar-refractivity contribution < 1.29 is 17.9 Å². The summed E-state index contributed by atoms with van der Waals surface area (Å²) < 4.78 is 45.8. The van der Waals surface area contributed by atoms with Crippen molar-refractivity contribution >= 4 is 5.69 Å². The number of hydrogen-bond acceptors (Lipinski definition) is 4. The predicted molar refractivity (Wildman–Crippen MR) is 111 cm³/mol. The van der Waals surface area contributed by atoms with Gasteiger partial charge >= 0.3 is 0 Å². The molecule has 3 aromatic rings. The van der Waals surface area contributed by atoms with Crippen LogP contribution in [0.1, 0.15) is 16.7 Å². The third-order valence-electron chi connectivity index (χ3n) is 4.51. The average Bonchev–Trinajstić information content (AvgIpc) is 2.71. The Morgan fingerprint density at radius 1 is 1.13 bits per heavy atom. The molecule has 30 heavy (non-hydrogen) atoms. The molecule has 0 bridgehead atoms. The Morgan fingerprint density at radius 3 is 2.47 bits per heavy atom. The molecule has 7 heteroatoms. The maximum Gasteiger partial charge on any atom is 0.137 e. The lowest BCUT2D eigenvalue weighted by Crippen LogP contribution is -2.14. The van der Waals surface area contributed by atoms with Gasteiger partial charge in [-0.3, -0.25) is 4.98 Å². The number of anilines is 1. The van der Waals surface area contributed by atoms with Crippen molar-refractivity contribution in [2.75, 3.05) is 33.1 Å². The van der Waals surface area contributed by atoms with E-state index in [0.717, 1.165) is 0 Å². The Labute approximate surface area is 174 Å². The van der Waals surface area contributed by atoms with Gasteiger partial charge in [0.05, 0.1) is 11.9 Å². The normalized spacial score (nSPS) is 11.1. The van der Waals surface area contributed by atoms with E-state index >= 15 is 0 Å². The van der Waals surface area contributed by atoms with Gasteiger partial charge in [-0.1, -0.05) is 6.07 Å². The highest BCUT2D eigenvalue weighted by Crippen LogP contribution is 2.31. The minimum absolute atomic E-state index is 0.0248. The second kappa shape index (κ2) is 9.63. The predicted octanol–water partition coefficient (Wildman–Crippen LogP) is 4.41. The van der Waals surface area contributed by atoms with Crippen molar-refractivity contribution in [3.8, 4) is 17.0 Å². The Morgan fingerprint density at radius 2 is 1.87 bits per heavy atom. The highest BCUT2D eigenvalue weighted by Gasteiger charge is 2.16. The number of aromatic nitrogens is 1. The van der Waals surface area contributed by atoms with Gasteiger partial charge < -0.3 is 15.4 Å². The molecule has 0 amide bonds. The number of nitrogen functional groups attached to an aromatic ring is 1. The smallest absolute Gasteiger partial charge is 0.137 e. The van der Waals surface area contributed by atoms with Crippen molar-refractivity contribution in [3.05, 3.63) is 77.0 Å². The molecule has 2 N–H and O–H groups in total. The molecular weight excluding hydrogens is 391 g/mol. The lowest BCUT2D eigenvalue weighted by molar-refractivity contribution is 0.272. The van der Waals surface area contributed by atoms with Gasteiger partial charge in [-0.2, -0.15) is 0 Å². The van der Waals surface area contributed by atoms with Gasteiger partial charge in [-0.05, 0) is 61.6 Å². The Balaban J connectivity index is 2.02. The quantitative estimate of drug-likeness (QED) is 0.555. The summed E-state index contributed by atoms with van der Waals surface area (Å²) in [4.78, 5) is 6.29. The van der Waals surface area contributed by atoms with Crippen molar-refractivity contribution in [2.45, 2.75) is 13.0 Å². The highest BCUT2D eigenvalue weighted by atomic mass is 19.1. The summed E-state index contributed by atoms with van der Waals surface area (Å²) in [6.07, 6.45) is 1.52. The topological polar surface area (TPSA) is 51.4 Å². The minimum atomic E-state index is -0.608. The van der Waals surface area contributed by atoms with Crippen LogP contribution in [0.2, 0.25) is 0 Å². The summed E-state index contributed by atoms with van der Waals surface area (Å²) in [5, 5.41) is 0. The number of pyridine rings is 1. The molecule has 3 rings (SSSR count). The summed E-state index contributed by atoms with van der Waals surface area (Å²) in [5.41, 5.74) is 9.36. The molecule has 0 spiro atoms. The van der Waals surface area contributed by atoms with Gasteiger partial charge in [0.1, 0.15) is 30.7 Å². The van der Waals surface area contributed by atoms with Gasteiger partial charge in [0.25, 0.3) is 0 Å². The third kappa shape index (κ3) is 5.10. The van der Waals surface area contributed by atoms with Crippen molar-refractivity contribution in [1.82, 2.24) is 9.88 Å². The molecule has 1 radical (unpaired) electrons. The molecule has 0 unspecified atom stereocenters. The monoisotopic (exact) mass is 414 g/mol.